The number of nitrogens with one attached hydrogen (secondary N) is 1. The molecule has 104 valence electrons. The lowest BCUT2D eigenvalue weighted by atomic mass is 9.90. The Morgan fingerprint density at radius 1 is 1.22 bits per heavy atom. The molecule has 0 radical (unpaired) electrons. The fourth-order valence-electron chi connectivity index (χ4n) is 4.06. The fraction of sp³-hybridized carbons (Fsp3) is 1.00. The maximum atomic E-state index is 5.96. The highest BCUT2D eigenvalue weighted by molar-refractivity contribution is 5.01. The second-order valence-corrected chi connectivity index (χ2v) is 6.61. The summed E-state index contributed by atoms with van der Waals surface area (Å²) in [5, 5.41) is 3.70. The standard InChI is InChI=1S/C15H28N2O/c1-13-10-17(11-14-6-2-5-9-18-14)15(12-16-13)7-3-4-8-15/h13-14,16H,2-12H2,1H3. The van der Waals surface area contributed by atoms with Crippen molar-refractivity contribution in [2.45, 2.75) is 69.6 Å². The summed E-state index contributed by atoms with van der Waals surface area (Å²) in [6.45, 7) is 6.88. The van der Waals surface area contributed by atoms with Gasteiger partial charge in [0.2, 0.25) is 0 Å². The average molecular weight is 252 g/mol. The van der Waals surface area contributed by atoms with Crippen LogP contribution < -0.4 is 5.32 Å². The van der Waals surface area contributed by atoms with E-state index in [1.807, 2.05) is 0 Å². The highest BCUT2D eigenvalue weighted by atomic mass is 16.5. The van der Waals surface area contributed by atoms with E-state index >= 15 is 0 Å². The van der Waals surface area contributed by atoms with Crippen molar-refractivity contribution in [3.8, 4) is 0 Å². The zero-order chi connectivity index (χ0) is 12.4. The van der Waals surface area contributed by atoms with Crippen molar-refractivity contribution in [2.24, 2.45) is 0 Å². The summed E-state index contributed by atoms with van der Waals surface area (Å²) >= 11 is 0. The predicted molar refractivity (Wildman–Crippen MR) is 73.8 cm³/mol. The largest absolute Gasteiger partial charge is 0.377 e. The molecule has 0 aromatic carbocycles. The van der Waals surface area contributed by atoms with Gasteiger partial charge >= 0.3 is 0 Å². The molecule has 2 heterocycles. The number of nitrogens with zero attached hydrogens (tertiary/aromatic N) is 1. The Hall–Kier alpha value is -0.120. The van der Waals surface area contributed by atoms with Crippen molar-refractivity contribution in [3.05, 3.63) is 0 Å². The highest BCUT2D eigenvalue weighted by Crippen LogP contribution is 2.37. The maximum absolute atomic E-state index is 5.96. The molecule has 2 aliphatic heterocycles. The van der Waals surface area contributed by atoms with Crippen molar-refractivity contribution in [3.63, 3.8) is 0 Å². The van der Waals surface area contributed by atoms with Crippen LogP contribution in [0.3, 0.4) is 0 Å². The van der Waals surface area contributed by atoms with Crippen LogP contribution in [0.5, 0.6) is 0 Å². The minimum absolute atomic E-state index is 0.466. The molecule has 0 bridgehead atoms. The van der Waals surface area contributed by atoms with E-state index in [0.29, 0.717) is 17.7 Å². The van der Waals surface area contributed by atoms with E-state index < -0.39 is 0 Å². The molecular weight excluding hydrogens is 224 g/mol. The lowest BCUT2D eigenvalue weighted by molar-refractivity contribution is -0.0437. The first-order valence-corrected chi connectivity index (χ1v) is 7.89. The summed E-state index contributed by atoms with van der Waals surface area (Å²) in [6, 6.07) is 0.639. The molecule has 2 unspecified atom stereocenters. The number of rotatable bonds is 2. The van der Waals surface area contributed by atoms with Crippen molar-refractivity contribution in [1.82, 2.24) is 10.2 Å². The van der Waals surface area contributed by atoms with Gasteiger partial charge < -0.3 is 10.1 Å². The van der Waals surface area contributed by atoms with Crippen LogP contribution in [0.25, 0.3) is 0 Å². The van der Waals surface area contributed by atoms with E-state index in [1.165, 1.54) is 64.6 Å². The summed E-state index contributed by atoms with van der Waals surface area (Å²) in [5.41, 5.74) is 0.466. The minimum atomic E-state index is 0.466. The molecule has 2 saturated heterocycles. The molecule has 3 aliphatic rings. The molecule has 3 nitrogen and oxygen atoms in total. The second-order valence-electron chi connectivity index (χ2n) is 6.61. The van der Waals surface area contributed by atoms with Gasteiger partial charge in [-0.2, -0.15) is 0 Å². The number of ether oxygens (including phenoxy) is 1. The monoisotopic (exact) mass is 252 g/mol. The summed E-state index contributed by atoms with van der Waals surface area (Å²) in [6.07, 6.45) is 10.0. The predicted octanol–water partition coefficient (Wildman–Crippen LogP) is 2.16. The van der Waals surface area contributed by atoms with E-state index in [0.717, 1.165) is 6.61 Å². The van der Waals surface area contributed by atoms with Crippen molar-refractivity contribution in [1.29, 1.82) is 0 Å². The van der Waals surface area contributed by atoms with Gasteiger partial charge in [0.25, 0.3) is 0 Å². The van der Waals surface area contributed by atoms with Crippen LogP contribution in [-0.2, 0) is 4.74 Å². The van der Waals surface area contributed by atoms with E-state index in [2.05, 4.69) is 17.1 Å². The summed E-state index contributed by atoms with van der Waals surface area (Å²) in [7, 11) is 0. The van der Waals surface area contributed by atoms with Gasteiger partial charge in [0.1, 0.15) is 0 Å². The molecule has 1 saturated carbocycles. The third-order valence-corrected chi connectivity index (χ3v) is 5.18. The Labute approximate surface area is 111 Å². The first-order chi connectivity index (χ1) is 8.78. The Kier molecular flexibility index (Phi) is 3.92. The number of hydrogen-bond acceptors (Lipinski definition) is 3. The van der Waals surface area contributed by atoms with Crippen LogP contribution in [0.15, 0.2) is 0 Å². The van der Waals surface area contributed by atoms with Gasteiger partial charge in [-0.15, -0.1) is 0 Å². The van der Waals surface area contributed by atoms with Crippen molar-refractivity contribution >= 4 is 0 Å². The van der Waals surface area contributed by atoms with E-state index in [-0.39, 0.29) is 0 Å². The molecule has 18 heavy (non-hydrogen) atoms. The molecule has 3 heteroatoms. The van der Waals surface area contributed by atoms with Gasteiger partial charge in [0.15, 0.2) is 0 Å². The Morgan fingerprint density at radius 2 is 2.06 bits per heavy atom. The third-order valence-electron chi connectivity index (χ3n) is 5.18. The third kappa shape index (κ3) is 2.59. The molecule has 0 aromatic heterocycles. The summed E-state index contributed by atoms with van der Waals surface area (Å²) in [5.74, 6) is 0. The smallest absolute Gasteiger partial charge is 0.0702 e. The van der Waals surface area contributed by atoms with Crippen LogP contribution >= 0.6 is 0 Å². The Bertz CT molecular complexity index is 270. The molecule has 3 rings (SSSR count). The lowest BCUT2D eigenvalue weighted by Gasteiger charge is -2.49. The molecule has 0 aromatic rings. The first kappa shape index (κ1) is 12.9. The van der Waals surface area contributed by atoms with Gasteiger partial charge in [-0.3, -0.25) is 4.90 Å². The number of hydrogen-bond donors (Lipinski definition) is 1. The molecule has 0 amide bonds. The van der Waals surface area contributed by atoms with Gasteiger partial charge in [-0.25, -0.2) is 0 Å². The van der Waals surface area contributed by atoms with Crippen LogP contribution in [-0.4, -0.2) is 48.8 Å². The molecule has 3 fully saturated rings. The van der Waals surface area contributed by atoms with E-state index in [1.54, 1.807) is 0 Å². The van der Waals surface area contributed by atoms with E-state index in [4.69, 9.17) is 4.74 Å². The maximum Gasteiger partial charge on any atom is 0.0702 e. The second kappa shape index (κ2) is 5.48. The topological polar surface area (TPSA) is 24.5 Å². The van der Waals surface area contributed by atoms with Crippen molar-refractivity contribution in [2.75, 3.05) is 26.2 Å². The molecule has 1 spiro atoms. The zero-order valence-corrected chi connectivity index (χ0v) is 11.8. The van der Waals surface area contributed by atoms with Crippen LogP contribution in [0.2, 0.25) is 0 Å². The molecule has 1 N–H and O–H groups in total. The van der Waals surface area contributed by atoms with Gasteiger partial charge in [0, 0.05) is 37.8 Å². The SMILES string of the molecule is CC1CN(CC2CCCCO2)C2(CCCC2)CN1. The van der Waals surface area contributed by atoms with Crippen LogP contribution in [0, 0.1) is 0 Å². The molecule has 1 aliphatic carbocycles. The Balaban J connectivity index is 1.65. The summed E-state index contributed by atoms with van der Waals surface area (Å²) < 4.78 is 5.96. The Morgan fingerprint density at radius 3 is 2.78 bits per heavy atom. The first-order valence-electron chi connectivity index (χ1n) is 7.89. The number of piperazine rings is 1. The minimum Gasteiger partial charge on any atom is -0.377 e. The normalized spacial score (nSPS) is 37.2. The molecular formula is C15H28N2O. The quantitative estimate of drug-likeness (QED) is 0.815. The average Bonchev–Trinajstić information content (AvgIpc) is 2.85. The van der Waals surface area contributed by atoms with Gasteiger partial charge in [-0.05, 0) is 39.0 Å². The zero-order valence-electron chi connectivity index (χ0n) is 11.8. The highest BCUT2D eigenvalue weighted by Gasteiger charge is 2.43. The van der Waals surface area contributed by atoms with Crippen molar-refractivity contribution < 1.29 is 4.74 Å². The van der Waals surface area contributed by atoms with Gasteiger partial charge in [-0.1, -0.05) is 12.8 Å². The van der Waals surface area contributed by atoms with Gasteiger partial charge in [0.05, 0.1) is 6.10 Å². The van der Waals surface area contributed by atoms with Crippen LogP contribution in [0.1, 0.15) is 51.9 Å². The lowest BCUT2D eigenvalue weighted by Crippen LogP contribution is -2.64. The van der Waals surface area contributed by atoms with Crippen LogP contribution in [0.4, 0.5) is 0 Å². The fourth-order valence-corrected chi connectivity index (χ4v) is 4.06. The summed E-state index contributed by atoms with van der Waals surface area (Å²) in [4.78, 5) is 2.77. The molecule has 2 atom stereocenters. The van der Waals surface area contributed by atoms with E-state index in [9.17, 15) is 0 Å².